The zero-order valence-electron chi connectivity index (χ0n) is 16.9. The van der Waals surface area contributed by atoms with Crippen LogP contribution in [-0.2, 0) is 24.5 Å². The molecule has 0 bridgehead atoms. The van der Waals surface area contributed by atoms with Crippen LogP contribution in [0.5, 0.6) is 11.5 Å². The summed E-state index contributed by atoms with van der Waals surface area (Å²) in [7, 11) is 1.21. The molecule has 31 heavy (non-hydrogen) atoms. The molecule has 0 amide bonds. The van der Waals surface area contributed by atoms with Crippen LogP contribution >= 0.6 is 0 Å². The number of aromatic hydroxyl groups is 2. The Kier molecular flexibility index (Phi) is 4.72. The number of fused-ring (bicyclic) bond motifs is 4. The number of hydrogen-bond donors (Lipinski definition) is 2. The van der Waals surface area contributed by atoms with Gasteiger partial charge in [0.1, 0.15) is 18.0 Å². The molecule has 2 aliphatic rings. The van der Waals surface area contributed by atoms with Gasteiger partial charge in [-0.25, -0.2) is 0 Å². The highest BCUT2D eigenvalue weighted by Crippen LogP contribution is 2.49. The minimum Gasteiger partial charge on any atom is -0.507 e. The lowest BCUT2D eigenvalue weighted by molar-refractivity contribution is -0.138. The van der Waals surface area contributed by atoms with Gasteiger partial charge in [-0.1, -0.05) is 6.92 Å². The quantitative estimate of drug-likeness (QED) is 0.336. The standard InChI is InChI=1S/C23H19NO7/c1-23-6-5-18(27)14(9-24-10-19(28)31-2)20(23)22(30)21(29)13-7-11-12(8-15(13)23)17(26)4-3-16(11)25/h3-4,7-9,25-26H,5-6,10H2,1-2H3/t23-/m0/s1. The fourth-order valence-corrected chi connectivity index (χ4v) is 4.36. The fourth-order valence-electron chi connectivity index (χ4n) is 4.36. The first-order valence-corrected chi connectivity index (χ1v) is 9.62. The number of nitrogens with zero attached hydrogens (tertiary/aromatic N) is 1. The van der Waals surface area contributed by atoms with E-state index in [2.05, 4.69) is 9.73 Å². The average Bonchev–Trinajstić information content (AvgIpc) is 2.76. The molecule has 2 aliphatic carbocycles. The van der Waals surface area contributed by atoms with E-state index in [0.29, 0.717) is 10.9 Å². The largest absolute Gasteiger partial charge is 0.507 e. The number of ketones is 3. The fraction of sp³-hybridized carbons (Fsp3) is 0.261. The van der Waals surface area contributed by atoms with Crippen LogP contribution in [0.1, 0.15) is 35.7 Å². The molecule has 1 atom stereocenters. The predicted octanol–water partition coefficient (Wildman–Crippen LogP) is 2.18. The molecule has 0 aromatic heterocycles. The van der Waals surface area contributed by atoms with Gasteiger partial charge in [0.2, 0.25) is 11.6 Å². The summed E-state index contributed by atoms with van der Waals surface area (Å²) in [6.07, 6.45) is 1.56. The molecule has 4 rings (SSSR count). The number of phenols is 2. The van der Waals surface area contributed by atoms with Gasteiger partial charge < -0.3 is 14.9 Å². The predicted molar refractivity (Wildman–Crippen MR) is 111 cm³/mol. The van der Waals surface area contributed by atoms with Gasteiger partial charge in [-0.2, -0.15) is 0 Å². The van der Waals surface area contributed by atoms with Crippen molar-refractivity contribution in [1.82, 2.24) is 0 Å². The number of hydrogen-bond acceptors (Lipinski definition) is 8. The van der Waals surface area contributed by atoms with E-state index in [9.17, 15) is 29.4 Å². The monoisotopic (exact) mass is 421 g/mol. The van der Waals surface area contributed by atoms with Gasteiger partial charge in [-0.15, -0.1) is 0 Å². The lowest BCUT2D eigenvalue weighted by Crippen LogP contribution is -2.44. The Morgan fingerprint density at radius 2 is 1.77 bits per heavy atom. The number of ether oxygens (including phenoxy) is 1. The molecule has 0 saturated heterocycles. The van der Waals surface area contributed by atoms with Crippen LogP contribution in [-0.4, -0.2) is 53.4 Å². The van der Waals surface area contributed by atoms with E-state index in [-0.39, 0.29) is 58.8 Å². The number of phenolic OH excluding ortho intramolecular Hbond substituents is 2. The molecular formula is C23H19NO7. The number of benzene rings is 2. The number of esters is 1. The van der Waals surface area contributed by atoms with Crippen LogP contribution in [0.25, 0.3) is 10.8 Å². The van der Waals surface area contributed by atoms with Crippen molar-refractivity contribution in [3.63, 3.8) is 0 Å². The zero-order chi connectivity index (χ0) is 22.5. The van der Waals surface area contributed by atoms with Crippen molar-refractivity contribution in [1.29, 1.82) is 0 Å². The number of carbonyl (C=O) groups excluding carboxylic acids is 4. The molecule has 0 fully saturated rings. The van der Waals surface area contributed by atoms with E-state index in [4.69, 9.17) is 0 Å². The van der Waals surface area contributed by atoms with Crippen molar-refractivity contribution < 1.29 is 34.1 Å². The summed E-state index contributed by atoms with van der Waals surface area (Å²) in [6.45, 7) is 1.44. The summed E-state index contributed by atoms with van der Waals surface area (Å²) in [5, 5.41) is 21.0. The Balaban J connectivity index is 1.98. The van der Waals surface area contributed by atoms with E-state index in [0.717, 1.165) is 6.21 Å². The average molecular weight is 421 g/mol. The molecular weight excluding hydrogens is 402 g/mol. The molecule has 2 N–H and O–H groups in total. The third kappa shape index (κ3) is 3.02. The second-order valence-corrected chi connectivity index (χ2v) is 7.80. The molecule has 8 nitrogen and oxygen atoms in total. The van der Waals surface area contributed by atoms with Gasteiger partial charge in [-0.3, -0.25) is 24.2 Å². The number of carbonyl (C=O) groups is 4. The maximum Gasteiger partial charge on any atom is 0.327 e. The first-order chi connectivity index (χ1) is 14.7. The van der Waals surface area contributed by atoms with Crippen LogP contribution in [0.2, 0.25) is 0 Å². The van der Waals surface area contributed by atoms with E-state index in [1.54, 1.807) is 13.0 Å². The second kappa shape index (κ2) is 7.16. The molecule has 0 spiro atoms. The minimum absolute atomic E-state index is 0.00174. The van der Waals surface area contributed by atoms with Crippen molar-refractivity contribution >= 4 is 40.3 Å². The Morgan fingerprint density at radius 3 is 2.42 bits per heavy atom. The molecule has 0 unspecified atom stereocenters. The van der Waals surface area contributed by atoms with Crippen LogP contribution in [0.15, 0.2) is 40.4 Å². The van der Waals surface area contributed by atoms with Crippen molar-refractivity contribution in [3.8, 4) is 11.5 Å². The SMILES string of the molecule is COC(=O)CN=CC1=C2C(=O)C(=O)c3cc4c(O)ccc(O)c4cc3[C@]2(C)CCC1=O. The molecule has 0 saturated carbocycles. The van der Waals surface area contributed by atoms with Crippen molar-refractivity contribution in [2.75, 3.05) is 13.7 Å². The Morgan fingerprint density at radius 1 is 1.13 bits per heavy atom. The lowest BCUT2D eigenvalue weighted by Gasteiger charge is -2.40. The first kappa shape index (κ1) is 20.5. The van der Waals surface area contributed by atoms with Gasteiger partial charge in [0, 0.05) is 45.5 Å². The van der Waals surface area contributed by atoms with E-state index < -0.39 is 23.0 Å². The molecule has 0 aliphatic heterocycles. The smallest absolute Gasteiger partial charge is 0.327 e. The van der Waals surface area contributed by atoms with Crippen molar-refractivity contribution in [3.05, 3.63) is 46.5 Å². The summed E-state index contributed by atoms with van der Waals surface area (Å²) >= 11 is 0. The number of allylic oxidation sites excluding steroid dienone is 2. The number of aliphatic imine (C=N–C) groups is 1. The number of rotatable bonds is 3. The van der Waals surface area contributed by atoms with Gasteiger partial charge in [0.15, 0.2) is 5.78 Å². The van der Waals surface area contributed by atoms with Gasteiger partial charge in [0.05, 0.1) is 7.11 Å². The maximum atomic E-state index is 13.1. The molecule has 158 valence electrons. The summed E-state index contributed by atoms with van der Waals surface area (Å²) in [6, 6.07) is 5.64. The summed E-state index contributed by atoms with van der Waals surface area (Å²) in [5.74, 6) is -2.78. The van der Waals surface area contributed by atoms with Gasteiger partial charge in [-0.05, 0) is 36.2 Å². The Hall–Kier alpha value is -3.81. The summed E-state index contributed by atoms with van der Waals surface area (Å²) < 4.78 is 4.52. The minimum atomic E-state index is -0.979. The van der Waals surface area contributed by atoms with Crippen molar-refractivity contribution in [2.45, 2.75) is 25.2 Å². The topological polar surface area (TPSA) is 130 Å². The van der Waals surface area contributed by atoms with Crippen LogP contribution in [0.3, 0.4) is 0 Å². The van der Waals surface area contributed by atoms with Gasteiger partial charge in [0.25, 0.3) is 0 Å². The van der Waals surface area contributed by atoms with Crippen LogP contribution in [0.4, 0.5) is 0 Å². The highest BCUT2D eigenvalue weighted by molar-refractivity contribution is 6.53. The second-order valence-electron chi connectivity index (χ2n) is 7.80. The van der Waals surface area contributed by atoms with Crippen LogP contribution < -0.4 is 0 Å². The molecule has 8 heteroatoms. The molecule has 2 aromatic rings. The van der Waals surface area contributed by atoms with Crippen molar-refractivity contribution in [2.24, 2.45) is 4.99 Å². The van der Waals surface area contributed by atoms with E-state index in [1.165, 1.54) is 25.3 Å². The maximum absolute atomic E-state index is 13.1. The third-order valence-electron chi connectivity index (χ3n) is 6.02. The van der Waals surface area contributed by atoms with Crippen LogP contribution in [0, 0.1) is 0 Å². The number of Topliss-reactive ketones (excluding diaryl/α,β-unsaturated/α-hetero) is 3. The highest BCUT2D eigenvalue weighted by atomic mass is 16.5. The normalized spacial score (nSPS) is 20.9. The highest BCUT2D eigenvalue weighted by Gasteiger charge is 2.49. The lowest BCUT2D eigenvalue weighted by atomic mass is 9.60. The summed E-state index contributed by atoms with van der Waals surface area (Å²) in [5.41, 5.74) is -0.320. The Bertz CT molecular complexity index is 1250. The third-order valence-corrected chi connectivity index (χ3v) is 6.02. The molecule has 2 aromatic carbocycles. The van der Waals surface area contributed by atoms with Gasteiger partial charge >= 0.3 is 5.97 Å². The summed E-state index contributed by atoms with van der Waals surface area (Å²) in [4.78, 5) is 53.9. The van der Waals surface area contributed by atoms with E-state index in [1.807, 2.05) is 0 Å². The zero-order valence-corrected chi connectivity index (χ0v) is 16.9. The number of methoxy groups -OCH3 is 1. The Labute approximate surface area is 176 Å². The molecule has 0 radical (unpaired) electrons. The van der Waals surface area contributed by atoms with E-state index >= 15 is 0 Å². The molecule has 0 heterocycles. The first-order valence-electron chi connectivity index (χ1n) is 9.62.